The van der Waals surface area contributed by atoms with E-state index in [0.717, 1.165) is 13.0 Å². The number of nitrogens with one attached hydrogen (secondary N) is 2. The molecule has 116 valence electrons. The number of amides is 1. The predicted molar refractivity (Wildman–Crippen MR) is 84.3 cm³/mol. The Morgan fingerprint density at radius 1 is 1.48 bits per heavy atom. The molecular formula is C17H26N2O2. The number of ether oxygens (including phenoxy) is 1. The Labute approximate surface area is 127 Å². The quantitative estimate of drug-likeness (QED) is 0.873. The summed E-state index contributed by atoms with van der Waals surface area (Å²) in [5, 5.41) is 6.44. The second kappa shape index (κ2) is 6.58. The van der Waals surface area contributed by atoms with E-state index < -0.39 is 5.41 Å². The Balaban J connectivity index is 2.10. The van der Waals surface area contributed by atoms with Gasteiger partial charge < -0.3 is 15.4 Å². The van der Waals surface area contributed by atoms with Crippen molar-refractivity contribution in [1.82, 2.24) is 10.6 Å². The lowest BCUT2D eigenvalue weighted by Crippen LogP contribution is -2.46. The van der Waals surface area contributed by atoms with E-state index in [2.05, 4.69) is 42.7 Å². The Kier molecular flexibility index (Phi) is 5.01. The number of hydrogen-bond acceptors (Lipinski definition) is 3. The Hall–Kier alpha value is -1.39. The first-order valence-electron chi connectivity index (χ1n) is 7.56. The highest BCUT2D eigenvalue weighted by atomic mass is 16.5. The van der Waals surface area contributed by atoms with E-state index in [0.29, 0.717) is 13.2 Å². The van der Waals surface area contributed by atoms with Gasteiger partial charge in [-0.1, -0.05) is 23.8 Å². The minimum Gasteiger partial charge on any atom is -0.384 e. The largest absolute Gasteiger partial charge is 0.384 e. The van der Waals surface area contributed by atoms with Crippen LogP contribution in [0.1, 0.15) is 36.1 Å². The van der Waals surface area contributed by atoms with E-state index in [-0.39, 0.29) is 11.9 Å². The van der Waals surface area contributed by atoms with Crippen LogP contribution in [0.3, 0.4) is 0 Å². The summed E-state index contributed by atoms with van der Waals surface area (Å²) in [5.41, 5.74) is 3.20. The number of aryl methyl sites for hydroxylation is 2. The number of hydrogen-bond donors (Lipinski definition) is 2. The third-order valence-electron chi connectivity index (χ3n) is 4.39. The Morgan fingerprint density at radius 2 is 2.24 bits per heavy atom. The Morgan fingerprint density at radius 3 is 2.81 bits per heavy atom. The third kappa shape index (κ3) is 3.44. The first-order valence-corrected chi connectivity index (χ1v) is 7.56. The summed E-state index contributed by atoms with van der Waals surface area (Å²) in [6.07, 6.45) is 0.826. The normalized spacial score (nSPS) is 23.0. The van der Waals surface area contributed by atoms with Crippen LogP contribution in [0, 0.1) is 19.3 Å². The van der Waals surface area contributed by atoms with E-state index in [1.165, 1.54) is 16.7 Å². The minimum absolute atomic E-state index is 0.00688. The van der Waals surface area contributed by atoms with Gasteiger partial charge in [0.25, 0.3) is 0 Å². The zero-order chi connectivity index (χ0) is 15.5. The molecule has 2 rings (SSSR count). The Bertz CT molecular complexity index is 508. The zero-order valence-electron chi connectivity index (χ0n) is 13.5. The number of benzene rings is 1. The third-order valence-corrected chi connectivity index (χ3v) is 4.39. The molecule has 0 aromatic heterocycles. The van der Waals surface area contributed by atoms with Crippen LogP contribution in [0.15, 0.2) is 18.2 Å². The monoisotopic (exact) mass is 290 g/mol. The van der Waals surface area contributed by atoms with Gasteiger partial charge in [0.15, 0.2) is 0 Å². The number of carbonyl (C=O) groups is 1. The molecule has 1 aliphatic rings. The molecular weight excluding hydrogens is 264 g/mol. The van der Waals surface area contributed by atoms with Gasteiger partial charge >= 0.3 is 0 Å². The summed E-state index contributed by atoms with van der Waals surface area (Å²) in [6.45, 7) is 8.23. The molecule has 1 aliphatic heterocycles. The summed E-state index contributed by atoms with van der Waals surface area (Å²) >= 11 is 0. The van der Waals surface area contributed by atoms with Crippen molar-refractivity contribution in [2.45, 2.75) is 33.2 Å². The SMILES string of the molecule is COCC1(C(=O)NC(C)c2ccc(C)cc2C)CCNC1. The summed E-state index contributed by atoms with van der Waals surface area (Å²) in [5.74, 6) is 0.0850. The summed E-state index contributed by atoms with van der Waals surface area (Å²) < 4.78 is 5.28. The molecule has 2 atom stereocenters. The molecule has 0 spiro atoms. The van der Waals surface area contributed by atoms with Gasteiger partial charge in [-0.2, -0.15) is 0 Å². The first-order chi connectivity index (χ1) is 9.98. The van der Waals surface area contributed by atoms with Crippen molar-refractivity contribution in [3.63, 3.8) is 0 Å². The number of rotatable bonds is 5. The lowest BCUT2D eigenvalue weighted by atomic mass is 9.86. The second-order valence-electron chi connectivity index (χ2n) is 6.20. The van der Waals surface area contributed by atoms with Gasteiger partial charge in [0.1, 0.15) is 0 Å². The van der Waals surface area contributed by atoms with E-state index in [1.54, 1.807) is 7.11 Å². The maximum atomic E-state index is 12.7. The molecule has 0 aliphatic carbocycles. The van der Waals surface area contributed by atoms with Crippen LogP contribution >= 0.6 is 0 Å². The molecule has 0 radical (unpaired) electrons. The van der Waals surface area contributed by atoms with Crippen LogP contribution < -0.4 is 10.6 Å². The van der Waals surface area contributed by atoms with Crippen molar-refractivity contribution < 1.29 is 9.53 Å². The molecule has 1 heterocycles. The van der Waals surface area contributed by atoms with Crippen molar-refractivity contribution in [2.24, 2.45) is 5.41 Å². The molecule has 0 saturated carbocycles. The summed E-state index contributed by atoms with van der Waals surface area (Å²) in [6, 6.07) is 6.35. The van der Waals surface area contributed by atoms with Crippen LogP contribution in [0.5, 0.6) is 0 Å². The van der Waals surface area contributed by atoms with Gasteiger partial charge in [-0.3, -0.25) is 4.79 Å². The average Bonchev–Trinajstić information content (AvgIpc) is 2.88. The van der Waals surface area contributed by atoms with Gasteiger partial charge in [0.05, 0.1) is 18.1 Å². The molecule has 2 N–H and O–H groups in total. The highest BCUT2D eigenvalue weighted by Gasteiger charge is 2.41. The van der Waals surface area contributed by atoms with Gasteiger partial charge in [0, 0.05) is 13.7 Å². The molecule has 21 heavy (non-hydrogen) atoms. The van der Waals surface area contributed by atoms with Crippen molar-refractivity contribution in [3.05, 3.63) is 34.9 Å². The maximum Gasteiger partial charge on any atom is 0.230 e. The van der Waals surface area contributed by atoms with Gasteiger partial charge in [0.2, 0.25) is 5.91 Å². The summed E-state index contributed by atoms with van der Waals surface area (Å²) in [4.78, 5) is 12.7. The number of methoxy groups -OCH3 is 1. The molecule has 4 heteroatoms. The first kappa shape index (κ1) is 16.0. The fourth-order valence-electron chi connectivity index (χ4n) is 3.14. The van der Waals surface area contributed by atoms with Crippen molar-refractivity contribution in [1.29, 1.82) is 0 Å². The van der Waals surface area contributed by atoms with Crippen LogP contribution in [0.4, 0.5) is 0 Å². The lowest BCUT2D eigenvalue weighted by Gasteiger charge is -2.28. The van der Waals surface area contributed by atoms with Gasteiger partial charge in [-0.05, 0) is 44.9 Å². The highest BCUT2D eigenvalue weighted by Crippen LogP contribution is 2.28. The average molecular weight is 290 g/mol. The lowest BCUT2D eigenvalue weighted by molar-refractivity contribution is -0.133. The number of carbonyl (C=O) groups excluding carboxylic acids is 1. The standard InChI is InChI=1S/C17H26N2O2/c1-12-5-6-15(13(2)9-12)14(3)19-16(20)17(11-21-4)7-8-18-10-17/h5-6,9,14,18H,7-8,10-11H2,1-4H3,(H,19,20). The van der Waals surface area contributed by atoms with Crippen molar-refractivity contribution in [3.8, 4) is 0 Å². The van der Waals surface area contributed by atoms with Gasteiger partial charge in [-0.15, -0.1) is 0 Å². The van der Waals surface area contributed by atoms with E-state index in [9.17, 15) is 4.79 Å². The molecule has 1 aromatic carbocycles. The van der Waals surface area contributed by atoms with E-state index in [1.807, 2.05) is 6.92 Å². The second-order valence-corrected chi connectivity index (χ2v) is 6.20. The van der Waals surface area contributed by atoms with E-state index >= 15 is 0 Å². The van der Waals surface area contributed by atoms with Crippen molar-refractivity contribution >= 4 is 5.91 Å². The zero-order valence-corrected chi connectivity index (χ0v) is 13.5. The smallest absolute Gasteiger partial charge is 0.230 e. The van der Waals surface area contributed by atoms with E-state index in [4.69, 9.17) is 4.74 Å². The minimum atomic E-state index is -0.429. The molecule has 2 unspecified atom stereocenters. The molecule has 1 fully saturated rings. The molecule has 0 bridgehead atoms. The fourth-order valence-corrected chi connectivity index (χ4v) is 3.14. The topological polar surface area (TPSA) is 50.4 Å². The molecule has 1 aromatic rings. The fraction of sp³-hybridized carbons (Fsp3) is 0.588. The highest BCUT2D eigenvalue weighted by molar-refractivity contribution is 5.84. The van der Waals surface area contributed by atoms with Crippen LogP contribution in [-0.4, -0.2) is 32.7 Å². The summed E-state index contributed by atoms with van der Waals surface area (Å²) in [7, 11) is 1.65. The molecule has 4 nitrogen and oxygen atoms in total. The van der Waals surface area contributed by atoms with Crippen LogP contribution in [0.25, 0.3) is 0 Å². The maximum absolute atomic E-state index is 12.7. The molecule has 1 saturated heterocycles. The molecule has 1 amide bonds. The van der Waals surface area contributed by atoms with Crippen LogP contribution in [-0.2, 0) is 9.53 Å². The predicted octanol–water partition coefficient (Wildman–Crippen LogP) is 2.11. The van der Waals surface area contributed by atoms with Crippen molar-refractivity contribution in [2.75, 3.05) is 26.8 Å². The van der Waals surface area contributed by atoms with Crippen LogP contribution in [0.2, 0.25) is 0 Å². The van der Waals surface area contributed by atoms with Gasteiger partial charge in [-0.25, -0.2) is 0 Å².